The highest BCUT2D eigenvalue weighted by Crippen LogP contribution is 2.44. The van der Waals surface area contributed by atoms with Gasteiger partial charge in [0.1, 0.15) is 11.5 Å². The van der Waals surface area contributed by atoms with Gasteiger partial charge >= 0.3 is 6.03 Å². The van der Waals surface area contributed by atoms with Crippen molar-refractivity contribution in [1.82, 2.24) is 4.90 Å². The van der Waals surface area contributed by atoms with Gasteiger partial charge in [-0.2, -0.15) is 0 Å². The average molecular weight is 336 g/mol. The number of rotatable bonds is 1. The molecule has 0 aromatic heterocycles. The van der Waals surface area contributed by atoms with Gasteiger partial charge in [-0.05, 0) is 23.6 Å². The summed E-state index contributed by atoms with van der Waals surface area (Å²) in [7, 11) is 0. The van der Waals surface area contributed by atoms with E-state index in [0.717, 1.165) is 54.1 Å². The molecule has 0 aliphatic carbocycles. The van der Waals surface area contributed by atoms with Crippen molar-refractivity contribution in [3.63, 3.8) is 0 Å². The monoisotopic (exact) mass is 336 g/mol. The summed E-state index contributed by atoms with van der Waals surface area (Å²) in [6.45, 7) is 2.71. The Kier molecular flexibility index (Phi) is 3.33. The van der Waals surface area contributed by atoms with Crippen molar-refractivity contribution in [2.45, 2.75) is 25.8 Å². The van der Waals surface area contributed by atoms with Crippen molar-refractivity contribution in [3.05, 3.63) is 52.6 Å². The molecule has 5 heteroatoms. The average Bonchev–Trinajstić information content (AvgIpc) is 3.30. The number of carbonyl (C=O) groups is 1. The molecule has 0 saturated carbocycles. The molecule has 3 aliphatic heterocycles. The third-order valence-electron chi connectivity index (χ3n) is 5.30. The van der Waals surface area contributed by atoms with Gasteiger partial charge in [-0.3, -0.25) is 0 Å². The van der Waals surface area contributed by atoms with Gasteiger partial charge in [0.05, 0.1) is 18.9 Å². The van der Waals surface area contributed by atoms with Crippen LogP contribution in [0.2, 0.25) is 0 Å². The summed E-state index contributed by atoms with van der Waals surface area (Å²) in [5.41, 5.74) is 5.56. The van der Waals surface area contributed by atoms with Gasteiger partial charge in [-0.25, -0.2) is 4.79 Å². The lowest BCUT2D eigenvalue weighted by Crippen LogP contribution is -2.39. The van der Waals surface area contributed by atoms with E-state index in [9.17, 15) is 4.79 Å². The number of urea groups is 1. The number of hydrogen-bond acceptors (Lipinski definition) is 3. The number of ether oxygens (including phenoxy) is 2. The van der Waals surface area contributed by atoms with Gasteiger partial charge in [-0.15, -0.1) is 0 Å². The van der Waals surface area contributed by atoms with Gasteiger partial charge in [0.25, 0.3) is 0 Å². The molecular weight excluding hydrogens is 316 g/mol. The van der Waals surface area contributed by atoms with Crippen LogP contribution in [0.15, 0.2) is 30.3 Å². The Hall–Kier alpha value is -2.69. The van der Waals surface area contributed by atoms with Crippen molar-refractivity contribution < 1.29 is 14.3 Å². The first kappa shape index (κ1) is 14.6. The topological polar surface area (TPSA) is 50.8 Å². The molecule has 2 aromatic rings. The Morgan fingerprint density at radius 2 is 1.84 bits per heavy atom. The largest absolute Gasteiger partial charge is 0.493 e. The third-order valence-corrected chi connectivity index (χ3v) is 5.30. The molecule has 0 fully saturated rings. The van der Waals surface area contributed by atoms with Crippen LogP contribution in [-0.2, 0) is 25.8 Å². The molecule has 5 nitrogen and oxygen atoms in total. The number of hydrogen-bond donors (Lipinski definition) is 1. The lowest BCUT2D eigenvalue weighted by Gasteiger charge is -2.29. The predicted octanol–water partition coefficient (Wildman–Crippen LogP) is 3.15. The van der Waals surface area contributed by atoms with Crippen LogP contribution in [0.25, 0.3) is 0 Å². The fraction of sp³-hybridized carbons (Fsp3) is 0.350. The van der Waals surface area contributed by atoms with Gasteiger partial charge in [0.2, 0.25) is 0 Å². The second kappa shape index (κ2) is 5.69. The second-order valence-corrected chi connectivity index (χ2v) is 6.78. The van der Waals surface area contributed by atoms with Crippen LogP contribution in [0.5, 0.6) is 11.5 Å². The van der Waals surface area contributed by atoms with E-state index in [1.165, 1.54) is 11.1 Å². The summed E-state index contributed by atoms with van der Waals surface area (Å²) in [6, 6.07) is 10.3. The zero-order valence-corrected chi connectivity index (χ0v) is 14.0. The molecule has 128 valence electrons. The standard InChI is InChI=1S/C20H20N2O3/c23-20(22-8-5-13-3-1-2-4-15(13)12-22)21-18-16-7-10-24-17(16)11-14-6-9-25-19(14)18/h1-4,11H,5-10,12H2,(H,21,23). The smallest absolute Gasteiger partial charge is 0.322 e. The molecule has 0 spiro atoms. The maximum absolute atomic E-state index is 12.9. The van der Waals surface area contributed by atoms with Crippen molar-refractivity contribution in [2.24, 2.45) is 0 Å². The van der Waals surface area contributed by atoms with Gasteiger partial charge < -0.3 is 19.7 Å². The van der Waals surface area contributed by atoms with Crippen molar-refractivity contribution in [2.75, 3.05) is 25.1 Å². The Morgan fingerprint density at radius 3 is 2.76 bits per heavy atom. The van der Waals surface area contributed by atoms with E-state index in [1.54, 1.807) is 0 Å². The Bertz CT molecular complexity index is 830. The van der Waals surface area contributed by atoms with Crippen molar-refractivity contribution in [3.8, 4) is 11.5 Å². The Balaban J connectivity index is 1.42. The van der Waals surface area contributed by atoms with Gasteiger partial charge in [-0.1, -0.05) is 24.3 Å². The van der Waals surface area contributed by atoms with Crippen LogP contribution in [-0.4, -0.2) is 30.7 Å². The molecule has 2 amide bonds. The number of anilines is 1. The summed E-state index contributed by atoms with van der Waals surface area (Å²) in [5.74, 6) is 1.72. The third kappa shape index (κ3) is 2.42. The van der Waals surface area contributed by atoms with Crippen molar-refractivity contribution in [1.29, 1.82) is 0 Å². The van der Waals surface area contributed by atoms with Crippen LogP contribution in [0.3, 0.4) is 0 Å². The number of benzene rings is 2. The molecule has 2 aromatic carbocycles. The number of fused-ring (bicyclic) bond motifs is 3. The molecule has 5 rings (SSSR count). The normalized spacial score (nSPS) is 17.2. The number of nitrogens with zero attached hydrogens (tertiary/aromatic N) is 1. The molecule has 0 radical (unpaired) electrons. The van der Waals surface area contributed by atoms with Crippen LogP contribution in [0.1, 0.15) is 22.3 Å². The fourth-order valence-electron chi connectivity index (χ4n) is 3.97. The maximum atomic E-state index is 12.9. The predicted molar refractivity (Wildman–Crippen MR) is 94.4 cm³/mol. The minimum Gasteiger partial charge on any atom is -0.493 e. The number of carbonyl (C=O) groups excluding carboxylic acids is 1. The molecule has 3 heterocycles. The molecule has 0 saturated heterocycles. The quantitative estimate of drug-likeness (QED) is 0.870. The molecule has 1 N–H and O–H groups in total. The van der Waals surface area contributed by atoms with Crippen LogP contribution < -0.4 is 14.8 Å². The van der Waals surface area contributed by atoms with E-state index in [-0.39, 0.29) is 6.03 Å². The highest BCUT2D eigenvalue weighted by atomic mass is 16.5. The lowest BCUT2D eigenvalue weighted by molar-refractivity contribution is 0.206. The van der Waals surface area contributed by atoms with E-state index in [4.69, 9.17) is 9.47 Å². The molecular formula is C20H20N2O3. The first-order valence-electron chi connectivity index (χ1n) is 8.86. The van der Waals surface area contributed by atoms with E-state index in [2.05, 4.69) is 29.6 Å². The minimum atomic E-state index is -0.0625. The number of amides is 2. The van der Waals surface area contributed by atoms with E-state index >= 15 is 0 Å². The minimum absolute atomic E-state index is 0.0625. The van der Waals surface area contributed by atoms with E-state index < -0.39 is 0 Å². The summed E-state index contributed by atoms with van der Waals surface area (Å²) in [6.07, 6.45) is 2.57. The van der Waals surface area contributed by atoms with Crippen LogP contribution >= 0.6 is 0 Å². The van der Waals surface area contributed by atoms with Crippen LogP contribution in [0.4, 0.5) is 10.5 Å². The fourth-order valence-corrected chi connectivity index (χ4v) is 3.97. The maximum Gasteiger partial charge on any atom is 0.322 e. The molecule has 0 bridgehead atoms. The highest BCUT2D eigenvalue weighted by molar-refractivity contribution is 5.93. The molecule has 0 atom stereocenters. The Labute approximate surface area is 146 Å². The van der Waals surface area contributed by atoms with Crippen LogP contribution in [0, 0.1) is 0 Å². The lowest BCUT2D eigenvalue weighted by atomic mass is 10.0. The highest BCUT2D eigenvalue weighted by Gasteiger charge is 2.29. The first-order valence-corrected chi connectivity index (χ1v) is 8.86. The number of nitrogens with one attached hydrogen (secondary N) is 1. The Morgan fingerprint density at radius 1 is 1.00 bits per heavy atom. The summed E-state index contributed by atoms with van der Waals surface area (Å²) >= 11 is 0. The molecule has 3 aliphatic rings. The molecule has 25 heavy (non-hydrogen) atoms. The SMILES string of the molecule is O=C(Nc1c2c(cc3c1OCC3)OCC2)N1CCc2ccccc2C1. The molecule has 0 unspecified atom stereocenters. The van der Waals surface area contributed by atoms with E-state index in [0.29, 0.717) is 19.8 Å². The second-order valence-electron chi connectivity index (χ2n) is 6.78. The van der Waals surface area contributed by atoms with Gasteiger partial charge in [0, 0.05) is 37.1 Å². The van der Waals surface area contributed by atoms with Gasteiger partial charge in [0.15, 0.2) is 0 Å². The zero-order chi connectivity index (χ0) is 16.8. The summed E-state index contributed by atoms with van der Waals surface area (Å²) in [5, 5.41) is 3.13. The first-order chi connectivity index (χ1) is 12.3. The summed E-state index contributed by atoms with van der Waals surface area (Å²) < 4.78 is 11.5. The zero-order valence-electron chi connectivity index (χ0n) is 14.0. The van der Waals surface area contributed by atoms with E-state index in [1.807, 2.05) is 11.0 Å². The summed E-state index contributed by atoms with van der Waals surface area (Å²) in [4.78, 5) is 14.8. The van der Waals surface area contributed by atoms with Crippen molar-refractivity contribution >= 4 is 11.7 Å².